The third kappa shape index (κ3) is 3.64. The highest BCUT2D eigenvalue weighted by atomic mass is 16.5. The number of carbonyl (C=O) groups excluding carboxylic acids is 1. The van der Waals surface area contributed by atoms with Gasteiger partial charge in [-0.2, -0.15) is 0 Å². The van der Waals surface area contributed by atoms with E-state index in [4.69, 9.17) is 14.9 Å². The third-order valence-corrected chi connectivity index (χ3v) is 2.76. The zero-order valence-corrected chi connectivity index (χ0v) is 8.98. The van der Waals surface area contributed by atoms with E-state index in [9.17, 15) is 4.79 Å². The summed E-state index contributed by atoms with van der Waals surface area (Å²) in [6, 6.07) is 0. The van der Waals surface area contributed by atoms with Crippen LogP contribution in [0.4, 0.5) is 0 Å². The lowest BCUT2D eigenvalue weighted by Crippen LogP contribution is -2.30. The summed E-state index contributed by atoms with van der Waals surface area (Å²) in [5, 5.41) is 17.9. The molecule has 1 rings (SSSR count). The molecule has 0 saturated heterocycles. The first kappa shape index (κ1) is 12.2. The summed E-state index contributed by atoms with van der Waals surface area (Å²) >= 11 is 0. The maximum absolute atomic E-state index is 11.2. The van der Waals surface area contributed by atoms with Gasteiger partial charge in [-0.1, -0.05) is 6.58 Å². The van der Waals surface area contributed by atoms with E-state index in [2.05, 4.69) is 6.58 Å². The maximum Gasteiger partial charge on any atom is 0.333 e. The zero-order valence-electron chi connectivity index (χ0n) is 8.98. The van der Waals surface area contributed by atoms with E-state index >= 15 is 0 Å². The second-order valence-corrected chi connectivity index (χ2v) is 4.14. The highest BCUT2D eigenvalue weighted by Crippen LogP contribution is 2.28. The molecule has 0 radical (unpaired) electrons. The molecule has 4 heteroatoms. The van der Waals surface area contributed by atoms with E-state index in [1.807, 2.05) is 0 Å². The molecular weight excluding hydrogens is 196 g/mol. The van der Waals surface area contributed by atoms with Gasteiger partial charge in [-0.3, -0.25) is 0 Å². The van der Waals surface area contributed by atoms with Crippen molar-refractivity contribution in [2.45, 2.75) is 45.0 Å². The standard InChI is InChI=1S/C11H18O4/c1-7(2)11(14)15-9-5-3-8(4-6-9)10(12)13/h8-10,12-13H,1,3-6H2,2H3. The number of hydrogen-bond acceptors (Lipinski definition) is 4. The lowest BCUT2D eigenvalue weighted by atomic mass is 9.87. The molecule has 0 heterocycles. The van der Waals surface area contributed by atoms with Gasteiger partial charge < -0.3 is 14.9 Å². The summed E-state index contributed by atoms with van der Waals surface area (Å²) in [5.41, 5.74) is 0.402. The van der Waals surface area contributed by atoms with E-state index in [0.29, 0.717) is 31.3 Å². The molecule has 4 nitrogen and oxygen atoms in total. The Bertz CT molecular complexity index is 239. The first-order valence-electron chi connectivity index (χ1n) is 5.23. The molecule has 0 bridgehead atoms. The average Bonchev–Trinajstić information content (AvgIpc) is 2.18. The fourth-order valence-corrected chi connectivity index (χ4v) is 1.76. The van der Waals surface area contributed by atoms with Crippen LogP contribution in [0.25, 0.3) is 0 Å². The van der Waals surface area contributed by atoms with Crippen LogP contribution >= 0.6 is 0 Å². The zero-order chi connectivity index (χ0) is 11.4. The number of ether oxygens (including phenoxy) is 1. The Morgan fingerprint density at radius 2 is 1.87 bits per heavy atom. The monoisotopic (exact) mass is 214 g/mol. The molecular formula is C11H18O4. The second-order valence-electron chi connectivity index (χ2n) is 4.14. The second kappa shape index (κ2) is 5.28. The molecule has 1 aliphatic rings. The average molecular weight is 214 g/mol. The van der Waals surface area contributed by atoms with Crippen LogP contribution in [0, 0.1) is 5.92 Å². The first-order chi connectivity index (χ1) is 7.00. The van der Waals surface area contributed by atoms with Crippen LogP contribution in [0.15, 0.2) is 12.2 Å². The summed E-state index contributed by atoms with van der Waals surface area (Å²) in [4.78, 5) is 11.2. The lowest BCUT2D eigenvalue weighted by Gasteiger charge is -2.29. The molecule has 0 unspecified atom stereocenters. The minimum atomic E-state index is -1.25. The number of hydrogen-bond donors (Lipinski definition) is 2. The Labute approximate surface area is 89.6 Å². The Kier molecular flexibility index (Phi) is 4.29. The Balaban J connectivity index is 2.32. The van der Waals surface area contributed by atoms with E-state index in [-0.39, 0.29) is 18.0 Å². The highest BCUT2D eigenvalue weighted by molar-refractivity contribution is 5.87. The maximum atomic E-state index is 11.2. The molecule has 0 atom stereocenters. The van der Waals surface area contributed by atoms with Crippen LogP contribution in [-0.2, 0) is 9.53 Å². The molecule has 0 aromatic rings. The number of carbonyl (C=O) groups is 1. The summed E-state index contributed by atoms with van der Waals surface area (Å²) in [5.74, 6) is -0.437. The molecule has 0 amide bonds. The smallest absolute Gasteiger partial charge is 0.333 e. The molecule has 86 valence electrons. The fourth-order valence-electron chi connectivity index (χ4n) is 1.76. The van der Waals surface area contributed by atoms with E-state index < -0.39 is 6.29 Å². The van der Waals surface area contributed by atoms with Gasteiger partial charge in [0.25, 0.3) is 0 Å². The third-order valence-electron chi connectivity index (χ3n) is 2.76. The molecule has 1 fully saturated rings. The molecule has 2 N–H and O–H groups in total. The fraction of sp³-hybridized carbons (Fsp3) is 0.727. The van der Waals surface area contributed by atoms with E-state index in [1.165, 1.54) is 0 Å². The van der Waals surface area contributed by atoms with E-state index in [1.54, 1.807) is 6.92 Å². The minimum Gasteiger partial charge on any atom is -0.459 e. The molecule has 0 aromatic heterocycles. The number of aliphatic hydroxyl groups is 2. The largest absolute Gasteiger partial charge is 0.459 e. The van der Waals surface area contributed by atoms with Gasteiger partial charge in [0, 0.05) is 11.5 Å². The molecule has 0 aromatic carbocycles. The Morgan fingerprint density at radius 3 is 2.27 bits per heavy atom. The summed E-state index contributed by atoms with van der Waals surface area (Å²) in [7, 11) is 0. The van der Waals surface area contributed by atoms with Crippen molar-refractivity contribution in [3.05, 3.63) is 12.2 Å². The predicted molar refractivity (Wildman–Crippen MR) is 54.9 cm³/mol. The molecule has 15 heavy (non-hydrogen) atoms. The predicted octanol–water partition coefficient (Wildman–Crippen LogP) is 0.975. The lowest BCUT2D eigenvalue weighted by molar-refractivity contribution is -0.148. The molecule has 1 aliphatic carbocycles. The van der Waals surface area contributed by atoms with Crippen LogP contribution in [0.2, 0.25) is 0 Å². The minimum absolute atomic E-state index is 0.0789. The van der Waals surface area contributed by atoms with Crippen LogP contribution in [0.5, 0.6) is 0 Å². The van der Waals surface area contributed by atoms with Crippen molar-refractivity contribution in [1.82, 2.24) is 0 Å². The quantitative estimate of drug-likeness (QED) is 0.417. The van der Waals surface area contributed by atoms with Crippen molar-refractivity contribution in [3.8, 4) is 0 Å². The van der Waals surface area contributed by atoms with Gasteiger partial charge in [-0.05, 0) is 32.6 Å². The van der Waals surface area contributed by atoms with Gasteiger partial charge in [0.2, 0.25) is 0 Å². The van der Waals surface area contributed by atoms with Gasteiger partial charge in [0.15, 0.2) is 6.29 Å². The summed E-state index contributed by atoms with van der Waals surface area (Å²) < 4.78 is 5.18. The van der Waals surface area contributed by atoms with Crippen molar-refractivity contribution in [2.24, 2.45) is 5.92 Å². The highest BCUT2D eigenvalue weighted by Gasteiger charge is 2.27. The number of rotatable bonds is 3. The van der Waals surface area contributed by atoms with Gasteiger partial charge in [-0.15, -0.1) is 0 Å². The van der Waals surface area contributed by atoms with E-state index in [0.717, 1.165) is 0 Å². The van der Waals surface area contributed by atoms with Crippen molar-refractivity contribution in [3.63, 3.8) is 0 Å². The summed E-state index contributed by atoms with van der Waals surface area (Å²) in [6.07, 6.45) is 1.42. The molecule has 1 saturated carbocycles. The number of aliphatic hydroxyl groups excluding tert-OH is 1. The van der Waals surface area contributed by atoms with Gasteiger partial charge in [-0.25, -0.2) is 4.79 Å². The first-order valence-corrected chi connectivity index (χ1v) is 5.23. The SMILES string of the molecule is C=C(C)C(=O)OC1CCC(C(O)O)CC1. The molecule has 0 aliphatic heterocycles. The van der Waals surface area contributed by atoms with Gasteiger partial charge in [0.05, 0.1) is 0 Å². The van der Waals surface area contributed by atoms with Crippen LogP contribution < -0.4 is 0 Å². The van der Waals surface area contributed by atoms with Gasteiger partial charge in [0.1, 0.15) is 6.10 Å². The Morgan fingerprint density at radius 1 is 1.33 bits per heavy atom. The van der Waals surface area contributed by atoms with Crippen LogP contribution in [0.1, 0.15) is 32.6 Å². The van der Waals surface area contributed by atoms with Gasteiger partial charge >= 0.3 is 5.97 Å². The van der Waals surface area contributed by atoms with Crippen LogP contribution in [0.3, 0.4) is 0 Å². The van der Waals surface area contributed by atoms with Crippen LogP contribution in [-0.4, -0.2) is 28.6 Å². The topological polar surface area (TPSA) is 66.8 Å². The van der Waals surface area contributed by atoms with Crippen molar-refractivity contribution in [2.75, 3.05) is 0 Å². The van der Waals surface area contributed by atoms with Crippen molar-refractivity contribution < 1.29 is 19.7 Å². The van der Waals surface area contributed by atoms with Crippen molar-refractivity contribution in [1.29, 1.82) is 0 Å². The van der Waals surface area contributed by atoms with Crippen molar-refractivity contribution >= 4 is 5.97 Å². The molecule has 0 spiro atoms. The normalized spacial score (nSPS) is 26.4. The Hall–Kier alpha value is -0.870. The summed E-state index contributed by atoms with van der Waals surface area (Å²) in [6.45, 7) is 5.13. The number of esters is 1.